The van der Waals surface area contributed by atoms with Gasteiger partial charge in [0.05, 0.1) is 19.6 Å². The average molecular weight is 209 g/mol. The van der Waals surface area contributed by atoms with Crippen molar-refractivity contribution in [3.8, 4) is 0 Å². The van der Waals surface area contributed by atoms with Crippen LogP contribution in [0.5, 0.6) is 0 Å². The van der Waals surface area contributed by atoms with Gasteiger partial charge in [0.1, 0.15) is 0 Å². The van der Waals surface area contributed by atoms with Crippen molar-refractivity contribution in [1.82, 2.24) is 0 Å². The van der Waals surface area contributed by atoms with E-state index in [4.69, 9.17) is 0 Å². The van der Waals surface area contributed by atoms with Crippen LogP contribution in [0.3, 0.4) is 0 Å². The van der Waals surface area contributed by atoms with Crippen molar-refractivity contribution in [2.75, 3.05) is 19.6 Å². The first kappa shape index (κ1) is 13.1. The molecule has 0 aromatic rings. The molecule has 0 N–H and O–H groups in total. The van der Waals surface area contributed by atoms with E-state index >= 15 is 0 Å². The van der Waals surface area contributed by atoms with E-state index in [9.17, 15) is 14.4 Å². The molecule has 0 saturated heterocycles. The van der Waals surface area contributed by atoms with Crippen molar-refractivity contribution < 1.29 is 14.4 Å². The SMILES string of the molecule is CCC(CN=C=O)(CN=C=O)CN=C=O. The first-order chi connectivity index (χ1) is 7.24. The average Bonchev–Trinajstić information content (AvgIpc) is 2.29. The highest BCUT2D eigenvalue weighted by Gasteiger charge is 2.28. The fraction of sp³-hybridized carbons (Fsp3) is 0.667. The van der Waals surface area contributed by atoms with Crippen LogP contribution in [-0.2, 0) is 14.4 Å². The molecule has 0 spiro atoms. The van der Waals surface area contributed by atoms with Crippen LogP contribution in [-0.4, -0.2) is 37.9 Å². The summed E-state index contributed by atoms with van der Waals surface area (Å²) in [5, 5.41) is 0. The van der Waals surface area contributed by atoms with E-state index in [1.165, 1.54) is 18.2 Å². The molecule has 0 aliphatic heterocycles. The Balaban J connectivity index is 4.78. The zero-order chi connectivity index (χ0) is 11.6. The van der Waals surface area contributed by atoms with Crippen molar-refractivity contribution in [3.05, 3.63) is 0 Å². The predicted octanol–water partition coefficient (Wildman–Crippen LogP) is 0.390. The third kappa shape index (κ3) is 4.79. The molecule has 0 bridgehead atoms. The smallest absolute Gasteiger partial charge is 0.211 e. The Bertz CT molecular complexity index is 284. The minimum atomic E-state index is -0.591. The molecule has 6 heteroatoms. The van der Waals surface area contributed by atoms with Gasteiger partial charge in [0.15, 0.2) is 0 Å². The van der Waals surface area contributed by atoms with Gasteiger partial charge in [0, 0.05) is 5.41 Å². The van der Waals surface area contributed by atoms with E-state index < -0.39 is 5.41 Å². The minimum absolute atomic E-state index is 0.128. The third-order valence-electron chi connectivity index (χ3n) is 2.19. The first-order valence-corrected chi connectivity index (χ1v) is 4.35. The molecule has 6 nitrogen and oxygen atoms in total. The molecule has 0 atom stereocenters. The summed E-state index contributed by atoms with van der Waals surface area (Å²) in [6.07, 6.45) is 4.79. The van der Waals surface area contributed by atoms with Gasteiger partial charge >= 0.3 is 0 Å². The van der Waals surface area contributed by atoms with Crippen LogP contribution in [0, 0.1) is 5.41 Å². The topological polar surface area (TPSA) is 88.3 Å². The second-order valence-corrected chi connectivity index (χ2v) is 3.08. The van der Waals surface area contributed by atoms with Crippen molar-refractivity contribution >= 4 is 18.2 Å². The van der Waals surface area contributed by atoms with Crippen molar-refractivity contribution in [2.24, 2.45) is 20.4 Å². The molecule has 15 heavy (non-hydrogen) atoms. The van der Waals surface area contributed by atoms with Crippen molar-refractivity contribution in [2.45, 2.75) is 13.3 Å². The Hall–Kier alpha value is -1.86. The van der Waals surface area contributed by atoms with Crippen LogP contribution in [0.25, 0.3) is 0 Å². The molecule has 0 aliphatic rings. The lowest BCUT2D eigenvalue weighted by Crippen LogP contribution is -2.31. The molecule has 0 aromatic heterocycles. The highest BCUT2D eigenvalue weighted by atomic mass is 16.1. The number of rotatable bonds is 7. The van der Waals surface area contributed by atoms with Gasteiger partial charge in [-0.15, -0.1) is 0 Å². The van der Waals surface area contributed by atoms with Crippen LogP contribution in [0.15, 0.2) is 15.0 Å². The fourth-order valence-corrected chi connectivity index (χ4v) is 1.09. The van der Waals surface area contributed by atoms with E-state index in [0.717, 1.165) is 0 Å². The van der Waals surface area contributed by atoms with Crippen molar-refractivity contribution in [3.63, 3.8) is 0 Å². The molecular weight excluding hydrogens is 198 g/mol. The molecule has 0 rings (SSSR count). The molecule has 0 amide bonds. The maximum Gasteiger partial charge on any atom is 0.234 e. The van der Waals surface area contributed by atoms with Gasteiger partial charge in [-0.2, -0.15) is 0 Å². The summed E-state index contributed by atoms with van der Waals surface area (Å²) in [7, 11) is 0. The van der Waals surface area contributed by atoms with E-state index in [1.807, 2.05) is 6.92 Å². The quantitative estimate of drug-likeness (QED) is 0.448. The van der Waals surface area contributed by atoms with E-state index in [1.54, 1.807) is 0 Å². The Kier molecular flexibility index (Phi) is 6.60. The minimum Gasteiger partial charge on any atom is -0.211 e. The zero-order valence-electron chi connectivity index (χ0n) is 8.39. The standard InChI is InChI=1S/C9H11N3O3/c1-2-9(3-10-6-13,4-11-7-14)5-12-8-15/h2-5H2,1H3. The Morgan fingerprint density at radius 1 is 0.867 bits per heavy atom. The third-order valence-corrected chi connectivity index (χ3v) is 2.19. The van der Waals surface area contributed by atoms with Gasteiger partial charge < -0.3 is 0 Å². The molecule has 0 saturated carbocycles. The lowest BCUT2D eigenvalue weighted by Gasteiger charge is -2.25. The summed E-state index contributed by atoms with van der Waals surface area (Å²) in [6.45, 7) is 2.22. The molecule has 0 fully saturated rings. The summed E-state index contributed by atoms with van der Waals surface area (Å²) in [5.74, 6) is 0. The number of hydrogen-bond acceptors (Lipinski definition) is 6. The molecule has 0 aromatic carbocycles. The molecule has 0 aliphatic carbocycles. The molecular formula is C9H11N3O3. The lowest BCUT2D eigenvalue weighted by molar-refractivity contribution is 0.310. The second-order valence-electron chi connectivity index (χ2n) is 3.08. The largest absolute Gasteiger partial charge is 0.234 e. The highest BCUT2D eigenvalue weighted by molar-refractivity contribution is 5.35. The van der Waals surface area contributed by atoms with Gasteiger partial charge in [-0.05, 0) is 6.42 Å². The summed E-state index contributed by atoms with van der Waals surface area (Å²) in [5.41, 5.74) is -0.591. The van der Waals surface area contributed by atoms with Crippen LogP contribution in [0.4, 0.5) is 0 Å². The van der Waals surface area contributed by atoms with Gasteiger partial charge in [-0.25, -0.2) is 29.4 Å². The Morgan fingerprint density at radius 3 is 1.40 bits per heavy atom. The normalized spacial score (nSPS) is 12.6. The van der Waals surface area contributed by atoms with Crippen molar-refractivity contribution in [1.29, 1.82) is 0 Å². The Morgan fingerprint density at radius 2 is 1.20 bits per heavy atom. The lowest BCUT2D eigenvalue weighted by atomic mass is 9.85. The van der Waals surface area contributed by atoms with E-state index in [2.05, 4.69) is 15.0 Å². The van der Waals surface area contributed by atoms with Gasteiger partial charge in [0.2, 0.25) is 18.2 Å². The van der Waals surface area contributed by atoms with Gasteiger partial charge in [0.25, 0.3) is 0 Å². The molecule has 80 valence electrons. The van der Waals surface area contributed by atoms with Crippen LogP contribution < -0.4 is 0 Å². The molecule has 0 radical (unpaired) electrons. The van der Waals surface area contributed by atoms with Gasteiger partial charge in [-0.1, -0.05) is 6.92 Å². The summed E-state index contributed by atoms with van der Waals surface area (Å²) < 4.78 is 0. The van der Waals surface area contributed by atoms with E-state index in [-0.39, 0.29) is 19.6 Å². The van der Waals surface area contributed by atoms with Gasteiger partial charge in [-0.3, -0.25) is 0 Å². The second kappa shape index (κ2) is 7.54. The summed E-state index contributed by atoms with van der Waals surface area (Å²) in [4.78, 5) is 40.3. The number of isocyanates is 3. The maximum atomic E-state index is 10.0. The highest BCUT2D eigenvalue weighted by Crippen LogP contribution is 2.23. The van der Waals surface area contributed by atoms with E-state index in [0.29, 0.717) is 6.42 Å². The number of nitrogens with zero attached hydrogens (tertiary/aromatic N) is 3. The molecule has 0 heterocycles. The number of carbonyl (C=O) groups excluding carboxylic acids is 3. The molecule has 0 unspecified atom stereocenters. The number of aliphatic imine (C=N–C) groups is 3. The Labute approximate surface area is 86.8 Å². The fourth-order valence-electron chi connectivity index (χ4n) is 1.09. The zero-order valence-corrected chi connectivity index (χ0v) is 8.39. The van der Waals surface area contributed by atoms with Crippen LogP contribution in [0.2, 0.25) is 0 Å². The first-order valence-electron chi connectivity index (χ1n) is 4.35. The van der Waals surface area contributed by atoms with Crippen LogP contribution >= 0.6 is 0 Å². The summed E-state index contributed by atoms with van der Waals surface area (Å²) in [6, 6.07) is 0. The summed E-state index contributed by atoms with van der Waals surface area (Å²) >= 11 is 0. The monoisotopic (exact) mass is 209 g/mol. The predicted molar refractivity (Wildman–Crippen MR) is 51.7 cm³/mol. The van der Waals surface area contributed by atoms with Crippen LogP contribution in [0.1, 0.15) is 13.3 Å². The number of hydrogen-bond donors (Lipinski definition) is 0. The maximum absolute atomic E-state index is 10.0.